The number of nitrogens with one attached hydrogen (secondary N) is 1. The van der Waals surface area contributed by atoms with Gasteiger partial charge in [-0.15, -0.1) is 0 Å². The van der Waals surface area contributed by atoms with Gasteiger partial charge in [0.1, 0.15) is 6.04 Å². The zero-order chi connectivity index (χ0) is 39.8. The lowest BCUT2D eigenvalue weighted by molar-refractivity contribution is -0.144. The Morgan fingerprint density at radius 3 is 2.53 bits per heavy atom. The molecule has 1 amide bonds. The summed E-state index contributed by atoms with van der Waals surface area (Å²) in [6, 6.07) is 1.77. The standard InChI is InChI=1S/C47H62N2O6/c1-25(2)37-40(52)35-34-28(31-24-43(4,5)55-44(6,7)36(31)39(34)51)23-29-30-22-27-15-16-32-45(8,18-12-14-26(3)42(53)48-20-13-21-54-11)33(50)17-19-46(32,9)47(27,10)41(30)49(37)38(29)35/h12,14,18,23-24,27,32-33,36-37,39,50-51H,1,13,15-17,19-22H2,2-11H3,(H,48,53)/b18-12+,26-14+. The second-order valence-corrected chi connectivity index (χ2v) is 19.6. The third-order valence-electron chi connectivity index (χ3n) is 15.6. The fourth-order valence-electron chi connectivity index (χ4n) is 13.1. The smallest absolute Gasteiger partial charge is 0.246 e. The van der Waals surface area contributed by atoms with E-state index in [2.05, 4.69) is 83.1 Å². The summed E-state index contributed by atoms with van der Waals surface area (Å²) in [6.07, 6.45) is 12.1. The number of ketones is 1. The van der Waals surface area contributed by atoms with E-state index in [1.807, 2.05) is 26.0 Å². The lowest BCUT2D eigenvalue weighted by atomic mass is 9.40. The number of ether oxygens (including phenoxy) is 2. The largest absolute Gasteiger partial charge is 0.392 e. The summed E-state index contributed by atoms with van der Waals surface area (Å²) < 4.78 is 14.0. The Morgan fingerprint density at radius 2 is 1.84 bits per heavy atom. The minimum atomic E-state index is -0.857. The first-order chi connectivity index (χ1) is 25.7. The Hall–Kier alpha value is -3.30. The van der Waals surface area contributed by atoms with Crippen molar-refractivity contribution in [2.75, 3.05) is 20.3 Å². The molecule has 8 heteroatoms. The third-order valence-corrected chi connectivity index (χ3v) is 15.6. The molecule has 0 spiro atoms. The zero-order valence-corrected chi connectivity index (χ0v) is 34.7. The number of amides is 1. The molecule has 4 aliphatic carbocycles. The quantitative estimate of drug-likeness (QED) is 0.109. The molecule has 9 unspecified atom stereocenters. The highest BCUT2D eigenvalue weighted by molar-refractivity contribution is 6.18. The predicted molar refractivity (Wildman–Crippen MR) is 217 cm³/mol. The van der Waals surface area contributed by atoms with Gasteiger partial charge < -0.3 is 29.6 Å². The SMILES string of the molecule is C=C(C)C1C(=O)c2c3c(cc4c5c(n1c24)C1(C)C(CCC2C(C)(/C=C/C=C(\C)C(=O)NCCCOC)C(O)CCC21C)C5)C1=CC(C)(C)OC(C)(C)C1C3O. The van der Waals surface area contributed by atoms with E-state index >= 15 is 0 Å². The number of Topliss-reactive ketones (excluding diaryl/α,β-unsaturated/α-hetero) is 1. The summed E-state index contributed by atoms with van der Waals surface area (Å²) in [5.41, 5.74) is 6.37. The maximum absolute atomic E-state index is 14.9. The van der Waals surface area contributed by atoms with Gasteiger partial charge in [-0.3, -0.25) is 9.59 Å². The molecule has 3 heterocycles. The molecule has 1 aromatic carbocycles. The Labute approximate surface area is 327 Å². The normalized spacial score (nSPS) is 36.7. The number of aliphatic hydroxyl groups is 2. The molecule has 2 saturated carbocycles. The van der Waals surface area contributed by atoms with Crippen LogP contribution in [0.15, 0.2) is 48.1 Å². The van der Waals surface area contributed by atoms with Gasteiger partial charge in [-0.25, -0.2) is 0 Å². The predicted octanol–water partition coefficient (Wildman–Crippen LogP) is 8.25. The molecule has 0 radical (unpaired) electrons. The summed E-state index contributed by atoms with van der Waals surface area (Å²) in [5.74, 6) is 0.212. The van der Waals surface area contributed by atoms with Crippen molar-refractivity contribution in [2.24, 2.45) is 28.6 Å². The Morgan fingerprint density at radius 1 is 1.11 bits per heavy atom. The number of allylic oxidation sites excluding steroid dienone is 3. The Bertz CT molecular complexity index is 2120. The van der Waals surface area contributed by atoms with Crippen molar-refractivity contribution >= 4 is 28.2 Å². The highest BCUT2D eigenvalue weighted by Crippen LogP contribution is 2.71. The molecule has 0 saturated heterocycles. The van der Waals surface area contributed by atoms with Crippen LogP contribution in [0.5, 0.6) is 0 Å². The van der Waals surface area contributed by atoms with Crippen LogP contribution >= 0.6 is 0 Å². The van der Waals surface area contributed by atoms with Crippen LogP contribution in [0, 0.1) is 28.6 Å². The van der Waals surface area contributed by atoms with Crippen LogP contribution < -0.4 is 5.32 Å². The van der Waals surface area contributed by atoms with Crippen LogP contribution in [0.4, 0.5) is 0 Å². The topological polar surface area (TPSA) is 110 Å². The van der Waals surface area contributed by atoms with Crippen LogP contribution in [0.25, 0.3) is 16.5 Å². The van der Waals surface area contributed by atoms with Crippen LogP contribution in [-0.2, 0) is 26.1 Å². The maximum Gasteiger partial charge on any atom is 0.246 e. The third kappa shape index (κ3) is 5.16. The number of rotatable bonds is 8. The molecule has 2 aliphatic heterocycles. The van der Waals surface area contributed by atoms with Crippen molar-refractivity contribution in [3.63, 3.8) is 0 Å². The van der Waals surface area contributed by atoms with Crippen LogP contribution in [0.2, 0.25) is 0 Å². The number of benzene rings is 1. The molecule has 9 atom stereocenters. The molecular formula is C47H62N2O6. The van der Waals surface area contributed by atoms with Gasteiger partial charge in [-0.1, -0.05) is 51.2 Å². The average Bonchev–Trinajstić information content (AvgIpc) is 3.77. The first kappa shape index (κ1) is 38.6. The van der Waals surface area contributed by atoms with Gasteiger partial charge in [0.05, 0.1) is 34.5 Å². The molecule has 0 bridgehead atoms. The number of carbonyl (C=O) groups is 2. The van der Waals surface area contributed by atoms with Gasteiger partial charge in [0, 0.05) is 59.2 Å². The number of aromatic nitrogens is 1. The summed E-state index contributed by atoms with van der Waals surface area (Å²) in [6.45, 7) is 24.8. The van der Waals surface area contributed by atoms with Gasteiger partial charge >= 0.3 is 0 Å². The number of methoxy groups -OCH3 is 1. The van der Waals surface area contributed by atoms with Crippen LogP contribution in [0.3, 0.4) is 0 Å². The van der Waals surface area contributed by atoms with E-state index < -0.39 is 34.9 Å². The fourth-order valence-corrected chi connectivity index (χ4v) is 13.1. The Balaban J connectivity index is 1.25. The monoisotopic (exact) mass is 750 g/mol. The number of hydrogen-bond donors (Lipinski definition) is 3. The van der Waals surface area contributed by atoms with E-state index in [0.717, 1.165) is 65.3 Å². The minimum Gasteiger partial charge on any atom is -0.392 e. The van der Waals surface area contributed by atoms with Crippen molar-refractivity contribution in [2.45, 2.75) is 136 Å². The van der Waals surface area contributed by atoms with Gasteiger partial charge in [-0.2, -0.15) is 0 Å². The van der Waals surface area contributed by atoms with E-state index in [-0.39, 0.29) is 34.4 Å². The van der Waals surface area contributed by atoms with Crippen molar-refractivity contribution in [3.05, 3.63) is 76.0 Å². The lowest BCUT2D eigenvalue weighted by Crippen LogP contribution is -2.62. The van der Waals surface area contributed by atoms with E-state index in [4.69, 9.17) is 9.47 Å². The second kappa shape index (κ2) is 12.6. The first-order valence-electron chi connectivity index (χ1n) is 20.6. The van der Waals surface area contributed by atoms with Crippen molar-refractivity contribution in [3.8, 4) is 0 Å². The first-order valence-corrected chi connectivity index (χ1v) is 20.6. The number of aliphatic hydroxyl groups excluding tert-OH is 2. The Kier molecular flexibility index (Phi) is 8.83. The van der Waals surface area contributed by atoms with Crippen molar-refractivity contribution < 1.29 is 29.3 Å². The van der Waals surface area contributed by atoms with Crippen LogP contribution in [-0.4, -0.2) is 64.0 Å². The number of fused-ring (bicyclic) bond motifs is 11. The van der Waals surface area contributed by atoms with Gasteiger partial charge in [0.25, 0.3) is 0 Å². The van der Waals surface area contributed by atoms with E-state index in [9.17, 15) is 19.8 Å². The highest BCUT2D eigenvalue weighted by Gasteiger charge is 2.67. The fraction of sp³-hybridized carbons (Fsp3) is 0.617. The van der Waals surface area contributed by atoms with E-state index in [0.29, 0.717) is 36.6 Å². The molecular weight excluding hydrogens is 689 g/mol. The minimum absolute atomic E-state index is 0.0322. The molecule has 2 fully saturated rings. The average molecular weight is 751 g/mol. The molecule has 2 aromatic rings. The maximum atomic E-state index is 14.9. The summed E-state index contributed by atoms with van der Waals surface area (Å²) in [4.78, 5) is 27.7. The molecule has 296 valence electrons. The lowest BCUT2D eigenvalue weighted by Gasteiger charge is -2.64. The number of carbonyl (C=O) groups excluding carboxylic acids is 2. The zero-order valence-electron chi connectivity index (χ0n) is 34.7. The van der Waals surface area contributed by atoms with Gasteiger partial charge in [0.15, 0.2) is 5.78 Å². The summed E-state index contributed by atoms with van der Waals surface area (Å²) in [7, 11) is 1.66. The van der Waals surface area contributed by atoms with Crippen molar-refractivity contribution in [1.29, 1.82) is 0 Å². The van der Waals surface area contributed by atoms with E-state index in [1.54, 1.807) is 7.11 Å². The molecule has 1 aromatic heterocycles. The van der Waals surface area contributed by atoms with Gasteiger partial charge in [-0.05, 0) is 126 Å². The van der Waals surface area contributed by atoms with Gasteiger partial charge in [0.2, 0.25) is 5.91 Å². The molecule has 3 N–H and O–H groups in total. The summed E-state index contributed by atoms with van der Waals surface area (Å²) >= 11 is 0. The van der Waals surface area contributed by atoms with Crippen molar-refractivity contribution in [1.82, 2.24) is 9.88 Å². The number of hydrogen-bond acceptors (Lipinski definition) is 6. The molecule has 8 rings (SSSR count). The molecule has 8 nitrogen and oxygen atoms in total. The van der Waals surface area contributed by atoms with Crippen LogP contribution in [0.1, 0.15) is 139 Å². The second-order valence-electron chi connectivity index (χ2n) is 19.6. The molecule has 55 heavy (non-hydrogen) atoms. The molecule has 6 aliphatic rings. The highest BCUT2D eigenvalue weighted by atomic mass is 16.5. The summed E-state index contributed by atoms with van der Waals surface area (Å²) in [5, 5.41) is 28.2. The number of nitrogens with zero attached hydrogens (tertiary/aromatic N) is 1. The van der Waals surface area contributed by atoms with E-state index in [1.165, 1.54) is 11.3 Å².